The zero-order valence-corrected chi connectivity index (χ0v) is 19.0. The van der Waals surface area contributed by atoms with Crippen molar-refractivity contribution >= 4 is 29.9 Å². The molecule has 0 saturated carbocycles. The molecule has 1 fully saturated rings. The van der Waals surface area contributed by atoms with Crippen molar-refractivity contribution in [2.45, 2.75) is 25.8 Å². The Labute approximate surface area is 183 Å². The molecule has 0 bridgehead atoms. The predicted octanol–water partition coefficient (Wildman–Crippen LogP) is 3.10. The van der Waals surface area contributed by atoms with Crippen LogP contribution in [0.4, 0.5) is 4.39 Å². The van der Waals surface area contributed by atoms with E-state index >= 15 is 0 Å². The van der Waals surface area contributed by atoms with Crippen molar-refractivity contribution in [3.05, 3.63) is 53.7 Å². The van der Waals surface area contributed by atoms with Crippen LogP contribution in [0.5, 0.6) is 0 Å². The molecule has 2 heterocycles. The van der Waals surface area contributed by atoms with Crippen LogP contribution in [0.15, 0.2) is 46.1 Å². The van der Waals surface area contributed by atoms with Gasteiger partial charge in [-0.25, -0.2) is 4.39 Å². The summed E-state index contributed by atoms with van der Waals surface area (Å²) in [6.45, 7) is 9.14. The van der Waals surface area contributed by atoms with Gasteiger partial charge in [0.1, 0.15) is 12.1 Å². The largest absolute Gasteiger partial charge is 0.364 e. The van der Waals surface area contributed by atoms with Crippen molar-refractivity contribution in [1.82, 2.24) is 20.3 Å². The van der Waals surface area contributed by atoms with Gasteiger partial charge in [-0.1, -0.05) is 37.2 Å². The first-order chi connectivity index (χ1) is 13.0. The first-order valence-corrected chi connectivity index (χ1v) is 9.32. The molecule has 0 atom stereocenters. The van der Waals surface area contributed by atoms with Gasteiger partial charge in [0.05, 0.1) is 5.69 Å². The van der Waals surface area contributed by atoms with Crippen LogP contribution in [0.3, 0.4) is 0 Å². The van der Waals surface area contributed by atoms with Crippen LogP contribution in [0.2, 0.25) is 0 Å². The zero-order chi connectivity index (χ0) is 19.3. The van der Waals surface area contributed by atoms with Crippen LogP contribution in [-0.2, 0) is 12.0 Å². The van der Waals surface area contributed by atoms with E-state index in [0.29, 0.717) is 12.1 Å². The number of hydrogen-bond acceptors (Lipinski definition) is 4. The number of benzene rings is 1. The van der Waals surface area contributed by atoms with Crippen LogP contribution >= 0.6 is 24.0 Å². The van der Waals surface area contributed by atoms with E-state index in [9.17, 15) is 4.39 Å². The van der Waals surface area contributed by atoms with Crippen LogP contribution < -0.4 is 5.32 Å². The maximum atomic E-state index is 14.2. The highest BCUT2D eigenvalue weighted by Gasteiger charge is 2.26. The molecule has 1 aromatic carbocycles. The summed E-state index contributed by atoms with van der Waals surface area (Å²) in [5, 5.41) is 7.40. The number of aliphatic imine (C=N–C) groups is 1. The summed E-state index contributed by atoms with van der Waals surface area (Å²) < 4.78 is 19.1. The van der Waals surface area contributed by atoms with Gasteiger partial charge in [0, 0.05) is 57.8 Å². The number of guanidine groups is 1. The minimum absolute atomic E-state index is 0. The van der Waals surface area contributed by atoms with Gasteiger partial charge in [0.15, 0.2) is 5.96 Å². The average Bonchev–Trinajstić information content (AvgIpc) is 3.17. The molecule has 2 aromatic rings. The third-order valence-electron chi connectivity index (χ3n) is 5.05. The van der Waals surface area contributed by atoms with Crippen LogP contribution in [0, 0.1) is 5.82 Å². The van der Waals surface area contributed by atoms with Gasteiger partial charge in [-0.05, 0) is 11.6 Å². The fraction of sp³-hybridized carbons (Fsp3) is 0.500. The molecule has 0 spiro atoms. The van der Waals surface area contributed by atoms with Crippen molar-refractivity contribution in [2.75, 3.05) is 39.8 Å². The predicted molar refractivity (Wildman–Crippen MR) is 120 cm³/mol. The molecule has 6 nitrogen and oxygen atoms in total. The van der Waals surface area contributed by atoms with Gasteiger partial charge in [-0.3, -0.25) is 9.89 Å². The maximum absolute atomic E-state index is 14.2. The van der Waals surface area contributed by atoms with Gasteiger partial charge in [-0.2, -0.15) is 0 Å². The normalized spacial score (nSPS) is 16.0. The van der Waals surface area contributed by atoms with Crippen molar-refractivity contribution in [3.63, 3.8) is 0 Å². The molecule has 0 unspecified atom stereocenters. The Balaban J connectivity index is 0.00000280. The zero-order valence-electron chi connectivity index (χ0n) is 16.7. The van der Waals surface area contributed by atoms with Crippen molar-refractivity contribution in [3.8, 4) is 0 Å². The Morgan fingerprint density at radius 2 is 1.93 bits per heavy atom. The van der Waals surface area contributed by atoms with E-state index in [2.05, 4.69) is 25.3 Å². The van der Waals surface area contributed by atoms with Crippen molar-refractivity contribution < 1.29 is 8.91 Å². The minimum atomic E-state index is -0.337. The van der Waals surface area contributed by atoms with E-state index < -0.39 is 0 Å². The lowest BCUT2D eigenvalue weighted by atomic mass is 9.84. The van der Waals surface area contributed by atoms with Crippen molar-refractivity contribution in [2.24, 2.45) is 4.99 Å². The second kappa shape index (κ2) is 10.2. The van der Waals surface area contributed by atoms with E-state index in [-0.39, 0.29) is 35.2 Å². The number of aromatic nitrogens is 1. The molecule has 154 valence electrons. The molecule has 28 heavy (non-hydrogen) atoms. The Morgan fingerprint density at radius 3 is 2.54 bits per heavy atom. The van der Waals surface area contributed by atoms with Gasteiger partial charge in [0.2, 0.25) is 0 Å². The van der Waals surface area contributed by atoms with E-state index in [1.165, 1.54) is 6.07 Å². The fourth-order valence-electron chi connectivity index (χ4n) is 3.40. The summed E-state index contributed by atoms with van der Waals surface area (Å²) in [4.78, 5) is 9.02. The molecule has 8 heteroatoms. The highest BCUT2D eigenvalue weighted by atomic mass is 127. The summed E-state index contributed by atoms with van der Waals surface area (Å²) in [6, 6.07) is 8.86. The summed E-state index contributed by atoms with van der Waals surface area (Å²) in [5.41, 5.74) is 1.33. The third-order valence-corrected chi connectivity index (χ3v) is 5.05. The second-order valence-corrected chi connectivity index (χ2v) is 7.52. The average molecular weight is 501 g/mol. The molecule has 1 aromatic heterocycles. The molecule has 1 aliphatic heterocycles. The smallest absolute Gasteiger partial charge is 0.193 e. The highest BCUT2D eigenvalue weighted by Crippen LogP contribution is 2.24. The monoisotopic (exact) mass is 501 g/mol. The number of piperazine rings is 1. The molecule has 1 aliphatic rings. The molecule has 0 aliphatic carbocycles. The van der Waals surface area contributed by atoms with Crippen LogP contribution in [-0.4, -0.2) is 60.7 Å². The number of nitrogens with zero attached hydrogens (tertiary/aromatic N) is 4. The standard InChI is InChI=1S/C20H28FN5O.HI/c1-20(2,17-6-4-5-7-18(17)21)15-23-19(22-3)26-11-9-25(10-12-26)14-16-8-13-27-24-16;/h4-8,13H,9-12,14-15H2,1-3H3,(H,22,23);1H. The number of rotatable bonds is 5. The third kappa shape index (κ3) is 5.66. The lowest BCUT2D eigenvalue weighted by Gasteiger charge is -2.37. The second-order valence-electron chi connectivity index (χ2n) is 7.52. The maximum Gasteiger partial charge on any atom is 0.193 e. The topological polar surface area (TPSA) is 56.9 Å². The Kier molecular flexibility index (Phi) is 8.23. The van der Waals surface area contributed by atoms with E-state index in [1.807, 2.05) is 32.0 Å². The quantitative estimate of drug-likeness (QED) is 0.388. The van der Waals surface area contributed by atoms with Crippen LogP contribution in [0.25, 0.3) is 0 Å². The van der Waals surface area contributed by atoms with E-state index in [1.54, 1.807) is 19.4 Å². The SMILES string of the molecule is CN=C(NCC(C)(C)c1ccccc1F)N1CCN(Cc2ccon2)CC1.I. The molecule has 3 rings (SSSR count). The van der Waals surface area contributed by atoms with E-state index in [0.717, 1.165) is 44.4 Å². The molecule has 0 amide bonds. The first kappa shape index (κ1) is 22.6. The molecule has 1 saturated heterocycles. The highest BCUT2D eigenvalue weighted by molar-refractivity contribution is 14.0. The molecular weight excluding hydrogens is 472 g/mol. The number of halogens is 2. The lowest BCUT2D eigenvalue weighted by Crippen LogP contribution is -2.53. The molecule has 0 radical (unpaired) electrons. The van der Waals surface area contributed by atoms with Crippen molar-refractivity contribution in [1.29, 1.82) is 0 Å². The molecular formula is C20H29FIN5O. The lowest BCUT2D eigenvalue weighted by molar-refractivity contribution is 0.168. The van der Waals surface area contributed by atoms with Gasteiger partial charge < -0.3 is 14.7 Å². The summed E-state index contributed by atoms with van der Waals surface area (Å²) in [5.74, 6) is 0.696. The first-order valence-electron chi connectivity index (χ1n) is 9.32. The Hall–Kier alpha value is -1.68. The van der Waals surface area contributed by atoms with Gasteiger partial charge in [0.25, 0.3) is 0 Å². The van der Waals surface area contributed by atoms with E-state index in [4.69, 9.17) is 4.52 Å². The Morgan fingerprint density at radius 1 is 1.21 bits per heavy atom. The summed E-state index contributed by atoms with van der Waals surface area (Å²) in [7, 11) is 1.79. The van der Waals surface area contributed by atoms with Crippen LogP contribution in [0.1, 0.15) is 25.1 Å². The number of nitrogens with one attached hydrogen (secondary N) is 1. The van der Waals surface area contributed by atoms with Gasteiger partial charge in [-0.15, -0.1) is 24.0 Å². The van der Waals surface area contributed by atoms with Gasteiger partial charge >= 0.3 is 0 Å². The number of hydrogen-bond donors (Lipinski definition) is 1. The Bertz CT molecular complexity index is 758. The summed E-state index contributed by atoms with van der Waals surface area (Å²) >= 11 is 0. The summed E-state index contributed by atoms with van der Waals surface area (Å²) in [6.07, 6.45) is 1.61. The fourth-order valence-corrected chi connectivity index (χ4v) is 3.40. The minimum Gasteiger partial charge on any atom is -0.364 e. The molecule has 1 N–H and O–H groups in total.